The normalized spacial score (nSPS) is 23.7. The third kappa shape index (κ3) is 1.25. The molecule has 0 N–H and O–H groups in total. The summed E-state index contributed by atoms with van der Waals surface area (Å²) in [5.74, 6) is 1.02. The van der Waals surface area contributed by atoms with E-state index in [2.05, 4.69) is 11.9 Å². The van der Waals surface area contributed by atoms with Crippen molar-refractivity contribution in [3.05, 3.63) is 27.4 Å². The highest BCUT2D eigenvalue weighted by molar-refractivity contribution is 5.23. The molecule has 2 heterocycles. The summed E-state index contributed by atoms with van der Waals surface area (Å²) < 4.78 is 1.92. The summed E-state index contributed by atoms with van der Waals surface area (Å²) >= 11 is 0. The van der Waals surface area contributed by atoms with Crippen LogP contribution in [0.15, 0.2) is 4.79 Å². The Labute approximate surface area is 89.2 Å². The van der Waals surface area contributed by atoms with Crippen LogP contribution >= 0.6 is 0 Å². The van der Waals surface area contributed by atoms with E-state index in [0.717, 1.165) is 49.2 Å². The van der Waals surface area contributed by atoms with E-state index in [1.54, 1.807) is 0 Å². The summed E-state index contributed by atoms with van der Waals surface area (Å²) in [5.41, 5.74) is 2.34. The van der Waals surface area contributed by atoms with Crippen molar-refractivity contribution >= 4 is 0 Å². The first-order chi connectivity index (χ1) is 7.27. The number of fused-ring (bicyclic) bond motifs is 2. The van der Waals surface area contributed by atoms with Gasteiger partial charge in [0.15, 0.2) is 0 Å². The van der Waals surface area contributed by atoms with Gasteiger partial charge in [-0.15, -0.1) is 0 Å². The lowest BCUT2D eigenvalue weighted by Crippen LogP contribution is -2.30. The molecule has 1 aromatic rings. The van der Waals surface area contributed by atoms with Crippen molar-refractivity contribution in [2.45, 2.75) is 51.5 Å². The molecule has 0 fully saturated rings. The lowest BCUT2D eigenvalue weighted by Gasteiger charge is -2.17. The van der Waals surface area contributed by atoms with Crippen LogP contribution in [0.4, 0.5) is 0 Å². The Morgan fingerprint density at radius 3 is 2.93 bits per heavy atom. The Hall–Kier alpha value is -1.12. The van der Waals surface area contributed by atoms with Gasteiger partial charge in [0, 0.05) is 18.0 Å². The monoisotopic (exact) mass is 204 g/mol. The molecule has 1 aromatic heterocycles. The highest BCUT2D eigenvalue weighted by Crippen LogP contribution is 2.24. The third-order valence-corrected chi connectivity index (χ3v) is 3.68. The third-order valence-electron chi connectivity index (χ3n) is 3.68. The minimum absolute atomic E-state index is 0.250. The van der Waals surface area contributed by atoms with Crippen molar-refractivity contribution in [2.24, 2.45) is 0 Å². The van der Waals surface area contributed by atoms with Gasteiger partial charge in [-0.05, 0) is 39.0 Å². The van der Waals surface area contributed by atoms with E-state index >= 15 is 0 Å². The van der Waals surface area contributed by atoms with Gasteiger partial charge >= 0.3 is 0 Å². The van der Waals surface area contributed by atoms with Gasteiger partial charge in [-0.1, -0.05) is 0 Å². The molecular weight excluding hydrogens is 188 g/mol. The molecule has 15 heavy (non-hydrogen) atoms. The average molecular weight is 204 g/mol. The van der Waals surface area contributed by atoms with Crippen LogP contribution in [0.5, 0.6) is 0 Å². The molecule has 1 aliphatic heterocycles. The molecule has 1 unspecified atom stereocenters. The molecule has 0 saturated heterocycles. The first kappa shape index (κ1) is 9.13. The van der Waals surface area contributed by atoms with Gasteiger partial charge in [0.1, 0.15) is 5.82 Å². The molecule has 0 bridgehead atoms. The second-order valence-electron chi connectivity index (χ2n) is 4.72. The highest BCUT2D eigenvalue weighted by atomic mass is 16.1. The van der Waals surface area contributed by atoms with Crippen molar-refractivity contribution in [3.63, 3.8) is 0 Å². The molecule has 3 rings (SSSR count). The molecule has 0 spiro atoms. The van der Waals surface area contributed by atoms with Gasteiger partial charge in [0.05, 0.1) is 5.69 Å². The molecule has 1 aliphatic carbocycles. The number of nitrogens with zero attached hydrogens (tertiary/aromatic N) is 2. The van der Waals surface area contributed by atoms with Gasteiger partial charge < -0.3 is 0 Å². The van der Waals surface area contributed by atoms with Crippen molar-refractivity contribution in [2.75, 3.05) is 0 Å². The van der Waals surface area contributed by atoms with E-state index < -0.39 is 0 Å². The van der Waals surface area contributed by atoms with Crippen molar-refractivity contribution in [1.29, 1.82) is 0 Å². The quantitative estimate of drug-likeness (QED) is 0.643. The lowest BCUT2D eigenvalue weighted by atomic mass is 9.97. The fourth-order valence-corrected chi connectivity index (χ4v) is 2.81. The number of hydrogen-bond donors (Lipinski definition) is 0. The summed E-state index contributed by atoms with van der Waals surface area (Å²) in [4.78, 5) is 16.9. The summed E-state index contributed by atoms with van der Waals surface area (Å²) in [6, 6.07) is 0.354. The second-order valence-corrected chi connectivity index (χ2v) is 4.72. The lowest BCUT2D eigenvalue weighted by molar-refractivity contribution is 0.542. The summed E-state index contributed by atoms with van der Waals surface area (Å²) in [6.45, 7) is 2.12. The van der Waals surface area contributed by atoms with Gasteiger partial charge in [-0.25, -0.2) is 4.98 Å². The maximum atomic E-state index is 12.2. The smallest absolute Gasteiger partial charge is 0.257 e. The Kier molecular flexibility index (Phi) is 1.94. The van der Waals surface area contributed by atoms with Crippen LogP contribution in [-0.2, 0) is 19.3 Å². The van der Waals surface area contributed by atoms with Gasteiger partial charge in [0.25, 0.3) is 5.56 Å². The molecular formula is C12H16N2O. The van der Waals surface area contributed by atoms with Crippen molar-refractivity contribution < 1.29 is 0 Å². The fraction of sp³-hybridized carbons (Fsp3) is 0.667. The largest absolute Gasteiger partial charge is 0.294 e. The number of aromatic nitrogens is 2. The Bertz CT molecular complexity index is 461. The summed E-state index contributed by atoms with van der Waals surface area (Å²) in [5, 5.41) is 0. The summed E-state index contributed by atoms with van der Waals surface area (Å²) in [6.07, 6.45) is 6.34. The van der Waals surface area contributed by atoms with Crippen LogP contribution in [-0.4, -0.2) is 9.55 Å². The SMILES string of the molecule is CC1CCc2nc3c(c(=O)n21)CCCC3. The highest BCUT2D eigenvalue weighted by Gasteiger charge is 2.25. The van der Waals surface area contributed by atoms with E-state index in [-0.39, 0.29) is 5.56 Å². The van der Waals surface area contributed by atoms with Crippen molar-refractivity contribution in [1.82, 2.24) is 9.55 Å². The van der Waals surface area contributed by atoms with E-state index in [4.69, 9.17) is 0 Å². The Balaban J connectivity index is 2.25. The molecule has 1 atom stereocenters. The predicted molar refractivity (Wildman–Crippen MR) is 58.2 cm³/mol. The van der Waals surface area contributed by atoms with Crippen LogP contribution in [0.25, 0.3) is 0 Å². The van der Waals surface area contributed by atoms with Crippen LogP contribution < -0.4 is 5.56 Å². The first-order valence-electron chi connectivity index (χ1n) is 5.90. The van der Waals surface area contributed by atoms with E-state index in [0.29, 0.717) is 6.04 Å². The first-order valence-corrected chi connectivity index (χ1v) is 5.90. The van der Waals surface area contributed by atoms with Gasteiger partial charge in [-0.3, -0.25) is 9.36 Å². The van der Waals surface area contributed by atoms with Gasteiger partial charge in [0.2, 0.25) is 0 Å². The summed E-state index contributed by atoms with van der Waals surface area (Å²) in [7, 11) is 0. The van der Waals surface area contributed by atoms with Crippen LogP contribution in [0.1, 0.15) is 49.3 Å². The van der Waals surface area contributed by atoms with E-state index in [1.165, 1.54) is 6.42 Å². The number of hydrogen-bond acceptors (Lipinski definition) is 2. The molecule has 0 saturated carbocycles. The zero-order chi connectivity index (χ0) is 10.4. The molecule has 0 radical (unpaired) electrons. The minimum atomic E-state index is 0.250. The number of aryl methyl sites for hydroxylation is 2. The maximum absolute atomic E-state index is 12.2. The minimum Gasteiger partial charge on any atom is -0.294 e. The zero-order valence-corrected chi connectivity index (χ0v) is 9.12. The van der Waals surface area contributed by atoms with Crippen LogP contribution in [0, 0.1) is 0 Å². The molecule has 0 amide bonds. The Morgan fingerprint density at radius 1 is 1.27 bits per heavy atom. The zero-order valence-electron chi connectivity index (χ0n) is 9.12. The average Bonchev–Trinajstić information content (AvgIpc) is 2.61. The topological polar surface area (TPSA) is 34.9 Å². The molecule has 2 aliphatic rings. The standard InChI is InChI=1S/C12H16N2O/c1-8-6-7-11-13-10-5-3-2-4-9(10)12(15)14(8)11/h8H,2-7H2,1H3. The van der Waals surface area contributed by atoms with Gasteiger partial charge in [-0.2, -0.15) is 0 Å². The Morgan fingerprint density at radius 2 is 2.07 bits per heavy atom. The number of rotatable bonds is 0. The molecule has 80 valence electrons. The molecule has 3 nitrogen and oxygen atoms in total. The molecule has 0 aromatic carbocycles. The van der Waals surface area contributed by atoms with Crippen molar-refractivity contribution in [3.8, 4) is 0 Å². The predicted octanol–water partition coefficient (Wildman–Crippen LogP) is 1.63. The van der Waals surface area contributed by atoms with Crippen LogP contribution in [0.3, 0.4) is 0 Å². The second kappa shape index (κ2) is 3.19. The van der Waals surface area contributed by atoms with E-state index in [9.17, 15) is 4.79 Å². The van der Waals surface area contributed by atoms with Crippen LogP contribution in [0.2, 0.25) is 0 Å². The maximum Gasteiger partial charge on any atom is 0.257 e. The van der Waals surface area contributed by atoms with E-state index in [1.807, 2.05) is 4.57 Å². The fourth-order valence-electron chi connectivity index (χ4n) is 2.81. The molecule has 3 heteroatoms.